The number of amides is 1. The molecule has 0 bridgehead atoms. The smallest absolute Gasteiger partial charge is 0.329 e. The fourth-order valence-electron chi connectivity index (χ4n) is 1.55. The van der Waals surface area contributed by atoms with Gasteiger partial charge in [0.2, 0.25) is 6.41 Å². The van der Waals surface area contributed by atoms with Crippen molar-refractivity contribution in [3.8, 4) is 0 Å². The van der Waals surface area contributed by atoms with Crippen LogP contribution in [0.5, 0.6) is 0 Å². The summed E-state index contributed by atoms with van der Waals surface area (Å²) in [5, 5.41) is 10.8. The number of anilines is 1. The van der Waals surface area contributed by atoms with Crippen molar-refractivity contribution in [2.45, 2.75) is 10.8 Å². The number of hydrogen-bond acceptors (Lipinski definition) is 6. The van der Waals surface area contributed by atoms with Crippen molar-refractivity contribution in [2.24, 2.45) is 0 Å². The van der Waals surface area contributed by atoms with Gasteiger partial charge in [0.15, 0.2) is 0 Å². The molecule has 1 saturated heterocycles. The summed E-state index contributed by atoms with van der Waals surface area (Å²) in [5.74, 6) is 0. The molecule has 0 spiro atoms. The number of hydrogen-bond donors (Lipinski definition) is 3. The van der Waals surface area contributed by atoms with Crippen molar-refractivity contribution >= 4 is 23.9 Å². The Kier molecular flexibility index (Phi) is 3.84. The summed E-state index contributed by atoms with van der Waals surface area (Å²) < 4.78 is 6.48. The Morgan fingerprint density at radius 3 is 3.06 bits per heavy atom. The SMILES string of the molecule is O=CNc1cn(C2COC(CO)S2)c(=O)[nH]c1=O. The molecule has 8 nitrogen and oxygen atoms in total. The van der Waals surface area contributed by atoms with Crippen LogP contribution in [-0.2, 0) is 9.53 Å². The van der Waals surface area contributed by atoms with Gasteiger partial charge in [0.25, 0.3) is 5.56 Å². The van der Waals surface area contributed by atoms with E-state index in [-0.39, 0.29) is 24.3 Å². The number of aromatic amines is 1. The average molecular weight is 273 g/mol. The maximum Gasteiger partial charge on any atom is 0.329 e. The van der Waals surface area contributed by atoms with Gasteiger partial charge >= 0.3 is 5.69 Å². The lowest BCUT2D eigenvalue weighted by atomic mass is 10.5. The third-order valence-electron chi connectivity index (χ3n) is 2.38. The Balaban J connectivity index is 2.33. The molecule has 18 heavy (non-hydrogen) atoms. The van der Waals surface area contributed by atoms with Crippen LogP contribution in [0.15, 0.2) is 15.8 Å². The molecule has 1 aliphatic heterocycles. The predicted octanol–water partition coefficient (Wildman–Crippen LogP) is -1.31. The maximum atomic E-state index is 11.6. The van der Waals surface area contributed by atoms with Crippen molar-refractivity contribution in [1.82, 2.24) is 9.55 Å². The van der Waals surface area contributed by atoms with E-state index in [1.54, 1.807) is 0 Å². The summed E-state index contributed by atoms with van der Waals surface area (Å²) in [6, 6.07) is 0. The molecule has 0 saturated carbocycles. The van der Waals surface area contributed by atoms with Gasteiger partial charge in [-0.1, -0.05) is 0 Å². The summed E-state index contributed by atoms with van der Waals surface area (Å²) >= 11 is 1.26. The number of H-pyrrole nitrogens is 1. The first-order valence-corrected chi connectivity index (χ1v) is 6.03. The second kappa shape index (κ2) is 5.38. The van der Waals surface area contributed by atoms with Crippen LogP contribution in [0.25, 0.3) is 0 Å². The number of carbonyl (C=O) groups is 1. The first kappa shape index (κ1) is 12.9. The Morgan fingerprint density at radius 2 is 2.44 bits per heavy atom. The summed E-state index contributed by atoms with van der Waals surface area (Å²) in [5.41, 5.74) is -1.66. The lowest BCUT2D eigenvalue weighted by Crippen LogP contribution is -2.33. The Hall–Kier alpha value is -1.58. The number of aliphatic hydroxyl groups is 1. The van der Waals surface area contributed by atoms with E-state index in [1.807, 2.05) is 0 Å². The normalized spacial score (nSPS) is 22.9. The third kappa shape index (κ3) is 2.47. The topological polar surface area (TPSA) is 113 Å². The van der Waals surface area contributed by atoms with Crippen molar-refractivity contribution in [3.63, 3.8) is 0 Å². The second-order valence-electron chi connectivity index (χ2n) is 3.51. The number of rotatable bonds is 4. The zero-order valence-electron chi connectivity index (χ0n) is 9.16. The van der Waals surface area contributed by atoms with Gasteiger partial charge in [-0.05, 0) is 0 Å². The van der Waals surface area contributed by atoms with Crippen LogP contribution in [0.2, 0.25) is 0 Å². The quantitative estimate of drug-likeness (QED) is 0.587. The predicted molar refractivity (Wildman–Crippen MR) is 64.5 cm³/mol. The standard InChI is InChI=1S/C9H11N3O5S/c13-2-7-17-3-6(18-7)12-1-5(10-4-14)8(15)11-9(12)16/h1,4,6-7,13H,2-3H2,(H,10,14)(H,11,15,16). The van der Waals surface area contributed by atoms with Gasteiger partial charge in [0, 0.05) is 6.20 Å². The average Bonchev–Trinajstić information content (AvgIpc) is 2.81. The second-order valence-corrected chi connectivity index (χ2v) is 4.85. The molecule has 1 aromatic heterocycles. The molecule has 2 atom stereocenters. The van der Waals surface area contributed by atoms with Crippen LogP contribution in [0.1, 0.15) is 5.37 Å². The highest BCUT2D eigenvalue weighted by atomic mass is 32.2. The molecule has 0 radical (unpaired) electrons. The minimum absolute atomic E-state index is 0.0161. The first-order valence-electron chi connectivity index (χ1n) is 5.09. The zero-order chi connectivity index (χ0) is 13.1. The molecule has 1 aromatic rings. The first-order chi connectivity index (χ1) is 8.65. The molecule has 9 heteroatoms. The number of aliphatic hydroxyl groups excluding tert-OH is 1. The Morgan fingerprint density at radius 1 is 1.67 bits per heavy atom. The van der Waals surface area contributed by atoms with Gasteiger partial charge in [-0.25, -0.2) is 4.79 Å². The van der Waals surface area contributed by atoms with Crippen molar-refractivity contribution in [3.05, 3.63) is 27.0 Å². The van der Waals surface area contributed by atoms with Gasteiger partial charge in [0.05, 0.1) is 13.2 Å². The van der Waals surface area contributed by atoms with E-state index in [0.29, 0.717) is 6.41 Å². The third-order valence-corrected chi connectivity index (χ3v) is 3.64. The molecule has 3 N–H and O–H groups in total. The summed E-state index contributed by atoms with van der Waals surface area (Å²) in [4.78, 5) is 35.4. The number of aromatic nitrogens is 2. The lowest BCUT2D eigenvalue weighted by molar-refractivity contribution is -0.105. The minimum Gasteiger partial charge on any atom is -0.393 e. The van der Waals surface area contributed by atoms with E-state index in [1.165, 1.54) is 22.5 Å². The number of ether oxygens (including phenoxy) is 1. The molecular formula is C9H11N3O5S. The lowest BCUT2D eigenvalue weighted by Gasteiger charge is -2.12. The van der Waals surface area contributed by atoms with Crippen LogP contribution in [0.4, 0.5) is 5.69 Å². The molecule has 2 heterocycles. The zero-order valence-corrected chi connectivity index (χ0v) is 9.98. The minimum atomic E-state index is -0.661. The summed E-state index contributed by atoms with van der Waals surface area (Å²) in [6.07, 6.45) is 1.62. The van der Waals surface area contributed by atoms with Crippen molar-refractivity contribution in [2.75, 3.05) is 18.5 Å². The van der Waals surface area contributed by atoms with Gasteiger partial charge in [-0.2, -0.15) is 0 Å². The molecule has 2 unspecified atom stereocenters. The van der Waals surface area contributed by atoms with Crippen LogP contribution < -0.4 is 16.6 Å². The highest BCUT2D eigenvalue weighted by molar-refractivity contribution is 8.00. The fraction of sp³-hybridized carbons (Fsp3) is 0.444. The van der Waals surface area contributed by atoms with E-state index in [4.69, 9.17) is 9.84 Å². The molecule has 1 aliphatic rings. The van der Waals surface area contributed by atoms with E-state index < -0.39 is 16.7 Å². The Labute approximate surface area is 105 Å². The van der Waals surface area contributed by atoms with Gasteiger partial charge < -0.3 is 15.2 Å². The number of carbonyl (C=O) groups excluding carboxylic acids is 1. The number of nitrogens with one attached hydrogen (secondary N) is 2. The maximum absolute atomic E-state index is 11.6. The fourth-order valence-corrected chi connectivity index (χ4v) is 2.59. The van der Waals surface area contributed by atoms with Crippen LogP contribution >= 0.6 is 11.8 Å². The Bertz CT molecular complexity index is 554. The van der Waals surface area contributed by atoms with E-state index in [2.05, 4.69) is 10.3 Å². The van der Waals surface area contributed by atoms with Crippen LogP contribution in [0.3, 0.4) is 0 Å². The molecule has 1 fully saturated rings. The van der Waals surface area contributed by atoms with Crippen LogP contribution in [-0.4, -0.2) is 39.7 Å². The van der Waals surface area contributed by atoms with E-state index >= 15 is 0 Å². The summed E-state index contributed by atoms with van der Waals surface area (Å²) in [6.45, 7) is 0.0844. The van der Waals surface area contributed by atoms with Gasteiger partial charge in [-0.15, -0.1) is 11.8 Å². The highest BCUT2D eigenvalue weighted by Gasteiger charge is 2.28. The largest absolute Gasteiger partial charge is 0.393 e. The highest BCUT2D eigenvalue weighted by Crippen LogP contribution is 2.34. The molecular weight excluding hydrogens is 262 g/mol. The monoisotopic (exact) mass is 273 g/mol. The van der Waals surface area contributed by atoms with Gasteiger partial charge in [-0.3, -0.25) is 19.1 Å². The molecule has 1 amide bonds. The number of thioether (sulfide) groups is 1. The van der Waals surface area contributed by atoms with Crippen LogP contribution in [0, 0.1) is 0 Å². The van der Waals surface area contributed by atoms with Crippen molar-refractivity contribution < 1.29 is 14.6 Å². The van der Waals surface area contributed by atoms with E-state index in [9.17, 15) is 14.4 Å². The molecule has 0 aliphatic carbocycles. The molecule has 0 aromatic carbocycles. The summed E-state index contributed by atoms with van der Waals surface area (Å²) in [7, 11) is 0. The van der Waals surface area contributed by atoms with E-state index in [0.717, 1.165) is 0 Å². The molecule has 2 rings (SSSR count). The van der Waals surface area contributed by atoms with Crippen molar-refractivity contribution in [1.29, 1.82) is 0 Å². The number of nitrogens with zero attached hydrogens (tertiary/aromatic N) is 1. The van der Waals surface area contributed by atoms with Gasteiger partial charge in [0.1, 0.15) is 16.5 Å². The molecule has 98 valence electrons.